The molecule has 23 nitrogen and oxygen atoms in total. The van der Waals surface area contributed by atoms with Gasteiger partial charge in [0, 0.05) is 85.5 Å². The fourth-order valence-electron chi connectivity index (χ4n) is 12.8. The highest BCUT2D eigenvalue weighted by molar-refractivity contribution is 6.03. The smallest absolute Gasteiger partial charge is 0.457 e. The van der Waals surface area contributed by atoms with Crippen molar-refractivity contribution in [1.29, 1.82) is 0 Å². The molecule has 0 spiro atoms. The molecule has 5 aliphatic rings. The molecule has 0 radical (unpaired) electrons. The number of nitrogens with zero attached hydrogens (tertiary/aromatic N) is 5. The number of pyridine rings is 2. The second kappa shape index (κ2) is 28.1. The lowest BCUT2D eigenvalue weighted by atomic mass is 9.85. The summed E-state index contributed by atoms with van der Waals surface area (Å²) >= 11 is 0. The van der Waals surface area contributed by atoms with Crippen LogP contribution in [0.2, 0.25) is 0 Å². The van der Waals surface area contributed by atoms with Crippen LogP contribution in [0.1, 0.15) is 152 Å². The monoisotopic (exact) mass is 1200 g/mol. The zero-order valence-electron chi connectivity index (χ0n) is 50.5. The molecule has 7 amide bonds. The Hall–Kier alpha value is -8.21. The Kier molecular flexibility index (Phi) is 20.4. The standard InChI is InChI=1S/C64H81N9O14/c1-6-45-46-33-44(86-62(82)71-29-23-43(24-30-71)70-26-11-9-12-27-70)21-22-50(46)68-56-47(45)35-73-51(56)34-49-48(59(73)79)37-84-60(80)64(49,7-2)87-63(83)85-36-40-17-19-42(20-18-40)67-57(77)41(15-14-25-66-61(65)81)32-52(74)55(38(3)4)69-53(75)16-10-8-13-28-72-54(76)31-39(5)58(72)78/h17-22,33-34,38-39,41,43,55H,6-16,23-32,35-37H2,1-5H3,(H,67,77)(H,69,75)(H3,65,66,81)/t39?,41-,55+,64-/m1/s1. The summed E-state index contributed by atoms with van der Waals surface area (Å²) in [5, 5.41) is 8.97. The second-order valence-electron chi connectivity index (χ2n) is 23.9. The number of nitrogens with two attached hydrogens (primary N) is 1. The van der Waals surface area contributed by atoms with Gasteiger partial charge in [0.1, 0.15) is 19.0 Å². The summed E-state index contributed by atoms with van der Waals surface area (Å²) in [6.07, 6.45) is 6.70. The number of amides is 7. The minimum absolute atomic E-state index is 0.0991. The van der Waals surface area contributed by atoms with Crippen molar-refractivity contribution in [2.75, 3.05) is 44.6 Å². The number of primary amides is 1. The van der Waals surface area contributed by atoms with E-state index >= 15 is 0 Å². The lowest BCUT2D eigenvalue weighted by Crippen LogP contribution is -2.48. The van der Waals surface area contributed by atoms with Crippen LogP contribution in [0.4, 0.5) is 20.1 Å². The van der Waals surface area contributed by atoms with E-state index in [4.69, 9.17) is 29.7 Å². The average Bonchev–Trinajstić information content (AvgIpc) is 1.72. The van der Waals surface area contributed by atoms with Gasteiger partial charge in [0.2, 0.25) is 29.2 Å². The van der Waals surface area contributed by atoms with E-state index in [9.17, 15) is 47.9 Å². The predicted molar refractivity (Wildman–Crippen MR) is 320 cm³/mol. The summed E-state index contributed by atoms with van der Waals surface area (Å²) < 4.78 is 24.6. The normalized spacial score (nSPS) is 19.2. The lowest BCUT2D eigenvalue weighted by Gasteiger charge is -2.39. The van der Waals surface area contributed by atoms with Crippen LogP contribution in [0.25, 0.3) is 22.3 Å². The van der Waals surface area contributed by atoms with E-state index in [1.165, 1.54) is 24.2 Å². The van der Waals surface area contributed by atoms with Gasteiger partial charge >= 0.3 is 24.2 Å². The van der Waals surface area contributed by atoms with Gasteiger partial charge in [-0.1, -0.05) is 59.6 Å². The molecule has 5 N–H and O–H groups in total. The first-order valence-corrected chi connectivity index (χ1v) is 30.8. The highest BCUT2D eigenvalue weighted by atomic mass is 16.7. The highest BCUT2D eigenvalue weighted by Crippen LogP contribution is 2.43. The number of ketones is 1. The van der Waals surface area contributed by atoms with Gasteiger partial charge in [-0.3, -0.25) is 33.7 Å². The van der Waals surface area contributed by atoms with Crippen LogP contribution in [0.3, 0.4) is 0 Å². The largest absolute Gasteiger partial charge is 0.510 e. The Balaban J connectivity index is 0.814. The van der Waals surface area contributed by atoms with E-state index in [-0.39, 0.29) is 111 Å². The number of hydrogen-bond acceptors (Lipinski definition) is 16. The zero-order chi connectivity index (χ0) is 62.1. The van der Waals surface area contributed by atoms with Crippen molar-refractivity contribution in [3.05, 3.63) is 86.7 Å². The molecule has 7 heterocycles. The molecule has 0 saturated carbocycles. The van der Waals surface area contributed by atoms with Gasteiger partial charge < -0.3 is 55.0 Å². The van der Waals surface area contributed by atoms with E-state index in [1.54, 1.807) is 79.6 Å². The Morgan fingerprint density at radius 1 is 0.885 bits per heavy atom. The summed E-state index contributed by atoms with van der Waals surface area (Å²) in [7, 11) is 0. The number of piperidine rings is 2. The molecule has 2 aromatic heterocycles. The van der Waals surface area contributed by atoms with Gasteiger partial charge in [-0.2, -0.15) is 0 Å². The van der Waals surface area contributed by atoms with Gasteiger partial charge in [-0.25, -0.2) is 24.2 Å². The van der Waals surface area contributed by atoms with Gasteiger partial charge in [0.25, 0.3) is 5.56 Å². The number of nitrogens with one attached hydrogen (secondary N) is 3. The number of ether oxygens (including phenoxy) is 4. The van der Waals surface area contributed by atoms with Crippen molar-refractivity contribution in [3.63, 3.8) is 0 Å². The molecule has 87 heavy (non-hydrogen) atoms. The molecule has 2 aromatic carbocycles. The number of carbonyl (C=O) groups is 9. The summed E-state index contributed by atoms with van der Waals surface area (Å²) in [6.45, 7) is 12.5. The zero-order valence-corrected chi connectivity index (χ0v) is 50.5. The summed E-state index contributed by atoms with van der Waals surface area (Å²) in [5.74, 6) is -3.50. The number of unbranched alkanes of at least 4 members (excludes halogenated alkanes) is 2. The van der Waals surface area contributed by atoms with Gasteiger partial charge in [0.05, 0.1) is 35.1 Å². The molecule has 9 rings (SSSR count). The third-order valence-electron chi connectivity index (χ3n) is 17.7. The molecule has 466 valence electrons. The highest BCUT2D eigenvalue weighted by Gasteiger charge is 2.51. The topological polar surface area (TPSA) is 297 Å². The summed E-state index contributed by atoms with van der Waals surface area (Å²) in [4.78, 5) is 143. The molecule has 4 atom stereocenters. The fraction of sp³-hybridized carbons (Fsp3) is 0.547. The quantitative estimate of drug-likeness (QED) is 0.0264. The Bertz CT molecular complexity index is 3350. The first-order valence-electron chi connectivity index (χ1n) is 30.8. The first-order chi connectivity index (χ1) is 41.8. The number of rotatable bonds is 24. The molecule has 5 aliphatic heterocycles. The number of esters is 1. The predicted octanol–water partition coefficient (Wildman–Crippen LogP) is 7.51. The van der Waals surface area contributed by atoms with Crippen LogP contribution in [-0.2, 0) is 74.8 Å². The number of aromatic nitrogens is 2. The molecular formula is C64H81N9O14. The number of benzene rings is 2. The van der Waals surface area contributed by atoms with Crippen molar-refractivity contribution in [1.82, 2.24) is 34.9 Å². The third-order valence-corrected chi connectivity index (χ3v) is 17.7. The molecule has 1 unspecified atom stereocenters. The Morgan fingerprint density at radius 3 is 2.31 bits per heavy atom. The van der Waals surface area contributed by atoms with Crippen LogP contribution in [0.5, 0.6) is 5.75 Å². The van der Waals surface area contributed by atoms with Gasteiger partial charge in [-0.05, 0) is 131 Å². The minimum atomic E-state index is -2.04. The van der Waals surface area contributed by atoms with E-state index in [0.717, 1.165) is 42.4 Å². The number of cyclic esters (lactones) is 1. The second-order valence-corrected chi connectivity index (χ2v) is 23.9. The maximum absolute atomic E-state index is 14.5. The van der Waals surface area contributed by atoms with Crippen molar-refractivity contribution < 1.29 is 62.1 Å². The number of Topliss-reactive ketones (excluding diaryl/α,β-unsaturated/α-hetero) is 1. The van der Waals surface area contributed by atoms with E-state index in [0.29, 0.717) is 91.7 Å². The van der Waals surface area contributed by atoms with Crippen molar-refractivity contribution in [2.24, 2.45) is 23.5 Å². The van der Waals surface area contributed by atoms with Crippen LogP contribution in [0, 0.1) is 17.8 Å². The van der Waals surface area contributed by atoms with Crippen molar-refractivity contribution >= 4 is 70.3 Å². The SMILES string of the molecule is CCc1c2c(nc3ccc(OC(=O)N4CCC(N5CCCCC5)CC4)cc13)-c1cc3c(c(=O)n1C2)COC(=O)[C@]3(CC)OC(=O)OCc1ccc(NC(=O)[C@H](CCCNC(N)=O)CC(=O)[C@@H](NC(=O)CCCCCN2C(=O)CC(C)C2=O)C(C)C)cc1. The summed E-state index contributed by atoms with van der Waals surface area (Å²) in [6, 6.07) is 12.2. The maximum atomic E-state index is 14.5. The number of anilines is 1. The third kappa shape index (κ3) is 14.5. The fourth-order valence-corrected chi connectivity index (χ4v) is 12.8. The van der Waals surface area contributed by atoms with E-state index in [2.05, 4.69) is 20.9 Å². The number of fused-ring (bicyclic) bond motifs is 5. The molecule has 4 aromatic rings. The minimum Gasteiger partial charge on any atom is -0.457 e. The van der Waals surface area contributed by atoms with Crippen LogP contribution < -0.4 is 32.0 Å². The van der Waals surface area contributed by atoms with Crippen LogP contribution in [0.15, 0.2) is 53.3 Å². The number of hydrogen-bond donors (Lipinski definition) is 4. The molecule has 0 aliphatic carbocycles. The van der Waals surface area contributed by atoms with Crippen molar-refractivity contribution in [3.8, 4) is 17.1 Å². The molecule has 0 bridgehead atoms. The number of carbonyl (C=O) groups excluding carboxylic acids is 9. The number of likely N-dealkylation sites (tertiary alicyclic amines) is 3. The number of urea groups is 1. The molecular weight excluding hydrogens is 1120 g/mol. The van der Waals surface area contributed by atoms with E-state index in [1.807, 2.05) is 13.0 Å². The average molecular weight is 1200 g/mol. The lowest BCUT2D eigenvalue weighted by molar-refractivity contribution is -0.175. The Labute approximate surface area is 505 Å². The molecule has 3 fully saturated rings. The van der Waals surface area contributed by atoms with Gasteiger partial charge in [0.15, 0.2) is 5.78 Å². The summed E-state index contributed by atoms with van der Waals surface area (Å²) in [5.41, 5.74) is 7.29. The first kappa shape index (κ1) is 63.3. The van der Waals surface area contributed by atoms with Crippen molar-refractivity contribution in [2.45, 2.75) is 168 Å². The maximum Gasteiger partial charge on any atom is 0.510 e. The Morgan fingerprint density at radius 2 is 1.63 bits per heavy atom. The number of aryl methyl sites for hydroxylation is 1. The molecule has 23 heteroatoms. The van der Waals surface area contributed by atoms with E-state index < -0.39 is 47.2 Å². The molecule has 3 saturated heterocycles. The van der Waals surface area contributed by atoms with Crippen LogP contribution >= 0.6 is 0 Å². The van der Waals surface area contributed by atoms with Crippen LogP contribution in [-0.4, -0.2) is 129 Å². The van der Waals surface area contributed by atoms with Gasteiger partial charge in [-0.15, -0.1) is 0 Å². The number of imide groups is 1.